The number of carbonyl (C=O) groups is 1. The van der Waals surface area contributed by atoms with Crippen LogP contribution in [0.2, 0.25) is 0 Å². The molecule has 0 bridgehead atoms. The number of aromatic nitrogens is 5. The van der Waals surface area contributed by atoms with Crippen molar-refractivity contribution in [2.24, 2.45) is 0 Å². The molecule has 5 heterocycles. The number of nitrogens with zero attached hydrogens (tertiary/aromatic N) is 3. The van der Waals surface area contributed by atoms with Gasteiger partial charge in [-0.1, -0.05) is 30.3 Å². The number of rotatable bonds is 5. The first-order valence-corrected chi connectivity index (χ1v) is 13.2. The number of carbonyl (C=O) groups excluding carboxylic acids is 1. The number of nitrogens with one attached hydrogen (secondary N) is 4. The molecule has 6 aromatic rings. The van der Waals surface area contributed by atoms with Crippen molar-refractivity contribution in [3.8, 4) is 22.6 Å². The van der Waals surface area contributed by atoms with Crippen LogP contribution in [0.15, 0.2) is 103 Å². The van der Waals surface area contributed by atoms with Gasteiger partial charge in [0.2, 0.25) is 0 Å². The molecule has 8 nitrogen and oxygen atoms in total. The largest absolute Gasteiger partial charge is 0.382 e. The molecule has 1 amide bonds. The molecule has 41 heavy (non-hydrogen) atoms. The summed E-state index contributed by atoms with van der Waals surface area (Å²) in [5.74, 6) is -0.477. The summed E-state index contributed by atoms with van der Waals surface area (Å²) >= 11 is 0. The molecule has 9 heteroatoms. The van der Waals surface area contributed by atoms with Crippen LogP contribution in [0.25, 0.3) is 50.2 Å². The molecule has 1 atom stereocenters. The summed E-state index contributed by atoms with van der Waals surface area (Å²) in [4.78, 5) is 25.4. The lowest BCUT2D eigenvalue weighted by atomic mass is 10.0. The lowest BCUT2D eigenvalue weighted by Gasteiger charge is -2.23. The topological polar surface area (TPSA) is 111 Å². The highest BCUT2D eigenvalue weighted by molar-refractivity contribution is 6.00. The zero-order valence-electron chi connectivity index (χ0n) is 21.9. The second-order valence-corrected chi connectivity index (χ2v) is 9.91. The van der Waals surface area contributed by atoms with Crippen LogP contribution < -0.4 is 10.6 Å². The van der Waals surface area contributed by atoms with Crippen molar-refractivity contribution in [3.63, 3.8) is 0 Å². The molecule has 200 valence electrons. The summed E-state index contributed by atoms with van der Waals surface area (Å²) in [6.07, 6.45) is 7.36. The third kappa shape index (κ3) is 4.53. The van der Waals surface area contributed by atoms with Crippen molar-refractivity contribution in [2.75, 3.05) is 0 Å². The number of fused-ring (bicyclic) bond motifs is 2. The van der Waals surface area contributed by atoms with Gasteiger partial charge in [0, 0.05) is 62.8 Å². The molecule has 1 aliphatic rings. The molecule has 1 unspecified atom stereocenters. The van der Waals surface area contributed by atoms with E-state index in [1.165, 1.54) is 12.1 Å². The number of pyridine rings is 2. The summed E-state index contributed by atoms with van der Waals surface area (Å²) in [6.45, 7) is 1.99. The molecule has 0 spiro atoms. The minimum atomic E-state index is -0.313. The van der Waals surface area contributed by atoms with Crippen molar-refractivity contribution >= 4 is 33.4 Å². The van der Waals surface area contributed by atoms with Crippen molar-refractivity contribution in [1.29, 1.82) is 0 Å². The third-order valence-electron chi connectivity index (χ3n) is 7.21. The molecule has 0 saturated heterocycles. The maximum atomic E-state index is 13.9. The molecule has 4 N–H and O–H groups in total. The van der Waals surface area contributed by atoms with Gasteiger partial charge in [-0.2, -0.15) is 5.10 Å². The van der Waals surface area contributed by atoms with Gasteiger partial charge in [-0.05, 0) is 55.5 Å². The van der Waals surface area contributed by atoms with E-state index in [9.17, 15) is 9.18 Å². The van der Waals surface area contributed by atoms with Crippen LogP contribution in [0.1, 0.15) is 22.8 Å². The normalized spacial score (nSPS) is 14.9. The number of amides is 1. The van der Waals surface area contributed by atoms with Crippen molar-refractivity contribution < 1.29 is 9.18 Å². The first kappa shape index (κ1) is 24.5. The zero-order chi connectivity index (χ0) is 27.9. The minimum Gasteiger partial charge on any atom is -0.382 e. The van der Waals surface area contributed by atoms with Gasteiger partial charge >= 0.3 is 0 Å². The minimum absolute atomic E-state index is 0.0696. The Bertz CT molecular complexity index is 2010. The average Bonchev–Trinajstić information content (AvgIpc) is 3.62. The summed E-state index contributed by atoms with van der Waals surface area (Å²) in [7, 11) is 0. The Hall–Kier alpha value is -5.57. The zero-order valence-corrected chi connectivity index (χ0v) is 21.9. The van der Waals surface area contributed by atoms with Gasteiger partial charge in [0.15, 0.2) is 5.65 Å². The predicted octanol–water partition coefficient (Wildman–Crippen LogP) is 5.95. The van der Waals surface area contributed by atoms with Crippen LogP contribution in [-0.2, 0) is 0 Å². The van der Waals surface area contributed by atoms with E-state index in [1.54, 1.807) is 30.6 Å². The number of H-pyrrole nitrogens is 2. The van der Waals surface area contributed by atoms with E-state index in [0.29, 0.717) is 28.2 Å². The van der Waals surface area contributed by atoms with E-state index in [0.717, 1.165) is 38.8 Å². The monoisotopic (exact) mass is 541 g/mol. The van der Waals surface area contributed by atoms with Gasteiger partial charge in [0.05, 0.1) is 17.4 Å². The standard InChI is InChI=1S/C32H24FN7O/c1-18-27(38-32(41)19-6-3-2-4-7-19)14-22(16-35-18)21-13-25-30(39-40-31(25)36-17-21)28-15-24-26(37-28)10-11-34-29(24)20-8-5-9-23(33)12-20/h2-18,35,37H,1H3,(H,38,41)(H,36,39,40). The van der Waals surface area contributed by atoms with Gasteiger partial charge in [0.1, 0.15) is 11.5 Å². The molecule has 0 fully saturated rings. The van der Waals surface area contributed by atoms with Crippen molar-refractivity contribution in [1.82, 2.24) is 35.8 Å². The number of dihydropyridines is 1. The smallest absolute Gasteiger partial charge is 0.255 e. The maximum absolute atomic E-state index is 13.9. The molecule has 4 aromatic heterocycles. The Labute approximate surface area is 234 Å². The number of allylic oxidation sites excluding steroid dienone is 2. The molecular weight excluding hydrogens is 517 g/mol. The van der Waals surface area contributed by atoms with E-state index in [2.05, 4.69) is 35.8 Å². The average molecular weight is 542 g/mol. The van der Waals surface area contributed by atoms with Gasteiger partial charge in [-0.3, -0.25) is 14.9 Å². The molecule has 7 rings (SSSR count). The first-order valence-electron chi connectivity index (χ1n) is 13.2. The lowest BCUT2D eigenvalue weighted by molar-refractivity contribution is 0.0963. The fourth-order valence-electron chi connectivity index (χ4n) is 5.06. The molecular formula is C32H24FN7O. The van der Waals surface area contributed by atoms with Crippen molar-refractivity contribution in [2.45, 2.75) is 13.0 Å². The summed E-state index contributed by atoms with van der Waals surface area (Å²) in [6, 6.07) is 21.4. The molecule has 2 aromatic carbocycles. The highest BCUT2D eigenvalue weighted by Gasteiger charge is 2.19. The lowest BCUT2D eigenvalue weighted by Crippen LogP contribution is -2.36. The Morgan fingerprint density at radius 3 is 2.66 bits per heavy atom. The number of aromatic amines is 2. The van der Waals surface area contributed by atoms with E-state index in [4.69, 9.17) is 0 Å². The molecule has 0 saturated carbocycles. The van der Waals surface area contributed by atoms with Gasteiger partial charge in [-0.25, -0.2) is 9.37 Å². The molecule has 0 aliphatic carbocycles. The Morgan fingerprint density at radius 1 is 0.927 bits per heavy atom. The summed E-state index contributed by atoms with van der Waals surface area (Å²) in [5.41, 5.74) is 7.48. The SMILES string of the molecule is CC1NC=C(c2cnc3[nH]nc(-c4cc5c(-c6cccc(F)c6)nccc5[nH]4)c3c2)C=C1NC(=O)c1ccccc1. The van der Waals surface area contributed by atoms with Gasteiger partial charge in [-0.15, -0.1) is 0 Å². The maximum Gasteiger partial charge on any atom is 0.255 e. The fourth-order valence-corrected chi connectivity index (χ4v) is 5.06. The van der Waals surface area contributed by atoms with Crippen LogP contribution in [0.4, 0.5) is 4.39 Å². The van der Waals surface area contributed by atoms with E-state index >= 15 is 0 Å². The third-order valence-corrected chi connectivity index (χ3v) is 7.21. The van der Waals surface area contributed by atoms with Crippen molar-refractivity contribution in [3.05, 3.63) is 120 Å². The van der Waals surface area contributed by atoms with Crippen LogP contribution >= 0.6 is 0 Å². The quantitative estimate of drug-likeness (QED) is 0.215. The van der Waals surface area contributed by atoms with E-state index < -0.39 is 0 Å². The Balaban J connectivity index is 1.24. The highest BCUT2D eigenvalue weighted by Crippen LogP contribution is 2.34. The molecule has 0 radical (unpaired) electrons. The Kier molecular flexibility index (Phi) is 5.89. The number of hydrogen-bond donors (Lipinski definition) is 4. The van der Waals surface area contributed by atoms with E-state index in [1.807, 2.05) is 61.7 Å². The van der Waals surface area contributed by atoms with Crippen LogP contribution in [0, 0.1) is 5.82 Å². The second kappa shape index (κ2) is 9.87. The molecule has 1 aliphatic heterocycles. The number of benzene rings is 2. The second-order valence-electron chi connectivity index (χ2n) is 9.91. The van der Waals surface area contributed by atoms with Gasteiger partial charge < -0.3 is 15.6 Å². The predicted molar refractivity (Wildman–Crippen MR) is 157 cm³/mol. The Morgan fingerprint density at radius 2 is 1.80 bits per heavy atom. The first-order chi connectivity index (χ1) is 20.0. The number of halogens is 1. The fraction of sp³-hybridized carbons (Fsp3) is 0.0625. The van der Waals surface area contributed by atoms with Gasteiger partial charge in [0.25, 0.3) is 5.91 Å². The highest BCUT2D eigenvalue weighted by atomic mass is 19.1. The van der Waals surface area contributed by atoms with Crippen LogP contribution in [0.5, 0.6) is 0 Å². The summed E-state index contributed by atoms with van der Waals surface area (Å²) < 4.78 is 13.9. The number of hydrogen-bond acceptors (Lipinski definition) is 5. The summed E-state index contributed by atoms with van der Waals surface area (Å²) in [5, 5.41) is 15.6. The van der Waals surface area contributed by atoms with E-state index in [-0.39, 0.29) is 17.8 Å². The van der Waals surface area contributed by atoms with Crippen LogP contribution in [0.3, 0.4) is 0 Å². The van der Waals surface area contributed by atoms with Crippen LogP contribution in [-0.4, -0.2) is 37.1 Å².